The van der Waals surface area contributed by atoms with Gasteiger partial charge >= 0.3 is 0 Å². The van der Waals surface area contributed by atoms with Gasteiger partial charge in [0.05, 0.1) is 23.3 Å². The standard InChI is InChI=1S/C28H31N7O2/c29-26(36)24(12-7-15-32-28(30)31)35(17-19-13-14-22-23(16-19)34-18-33-22)27(37)25(20-8-3-1-4-9-20)21-10-5-2-6-11-21/h1-6,8-11,13-14,16,18,24-25H,7,12,15,17H2,(H2,29,36)(H,33,34)(H4,30,31,32)/t24-/m0/s1. The highest BCUT2D eigenvalue weighted by molar-refractivity contribution is 5.92. The van der Waals surface area contributed by atoms with Gasteiger partial charge in [-0.2, -0.15) is 0 Å². The number of rotatable bonds is 11. The van der Waals surface area contributed by atoms with Crippen LogP contribution in [0.25, 0.3) is 11.0 Å². The highest BCUT2D eigenvalue weighted by atomic mass is 16.2. The lowest BCUT2D eigenvalue weighted by molar-refractivity contribution is -0.140. The van der Waals surface area contributed by atoms with Crippen LogP contribution in [-0.4, -0.2) is 45.2 Å². The van der Waals surface area contributed by atoms with Crippen LogP contribution in [0.2, 0.25) is 0 Å². The van der Waals surface area contributed by atoms with E-state index in [0.29, 0.717) is 19.4 Å². The van der Waals surface area contributed by atoms with E-state index in [1.807, 2.05) is 78.9 Å². The maximum absolute atomic E-state index is 14.4. The van der Waals surface area contributed by atoms with Gasteiger partial charge in [0.25, 0.3) is 0 Å². The lowest BCUT2D eigenvalue weighted by Gasteiger charge is -2.33. The van der Waals surface area contributed by atoms with E-state index in [0.717, 1.165) is 27.7 Å². The molecule has 3 aromatic carbocycles. The van der Waals surface area contributed by atoms with Crippen molar-refractivity contribution in [2.45, 2.75) is 31.3 Å². The summed E-state index contributed by atoms with van der Waals surface area (Å²) in [6.07, 6.45) is 2.42. The number of carbonyl (C=O) groups is 2. The molecule has 0 bridgehead atoms. The molecule has 190 valence electrons. The lowest BCUT2D eigenvalue weighted by atomic mass is 9.89. The lowest BCUT2D eigenvalue weighted by Crippen LogP contribution is -2.49. The molecule has 7 N–H and O–H groups in total. The zero-order chi connectivity index (χ0) is 26.2. The topological polar surface area (TPSA) is 156 Å². The monoisotopic (exact) mass is 497 g/mol. The molecule has 0 spiro atoms. The Balaban J connectivity index is 1.74. The van der Waals surface area contributed by atoms with Gasteiger partial charge in [0.1, 0.15) is 6.04 Å². The molecule has 0 fully saturated rings. The second-order valence-electron chi connectivity index (χ2n) is 8.84. The van der Waals surface area contributed by atoms with Crippen LogP contribution >= 0.6 is 0 Å². The Hall–Kier alpha value is -4.66. The highest BCUT2D eigenvalue weighted by Gasteiger charge is 2.34. The van der Waals surface area contributed by atoms with Crippen LogP contribution in [0.4, 0.5) is 0 Å². The van der Waals surface area contributed by atoms with E-state index in [2.05, 4.69) is 15.0 Å². The molecule has 0 radical (unpaired) electrons. The van der Waals surface area contributed by atoms with E-state index in [4.69, 9.17) is 17.2 Å². The van der Waals surface area contributed by atoms with Crippen molar-refractivity contribution in [1.82, 2.24) is 14.9 Å². The summed E-state index contributed by atoms with van der Waals surface area (Å²) in [5.41, 5.74) is 21.0. The van der Waals surface area contributed by atoms with Gasteiger partial charge in [-0.1, -0.05) is 66.7 Å². The van der Waals surface area contributed by atoms with E-state index < -0.39 is 17.9 Å². The number of aromatic nitrogens is 2. The van der Waals surface area contributed by atoms with Crippen LogP contribution in [-0.2, 0) is 16.1 Å². The number of primary amides is 1. The molecule has 9 heteroatoms. The number of benzene rings is 3. The van der Waals surface area contributed by atoms with Gasteiger partial charge in [0.2, 0.25) is 11.8 Å². The second kappa shape index (κ2) is 11.9. The molecule has 0 aliphatic rings. The molecule has 4 rings (SSSR count). The fraction of sp³-hybridized carbons (Fsp3) is 0.214. The highest BCUT2D eigenvalue weighted by Crippen LogP contribution is 2.29. The summed E-state index contributed by atoms with van der Waals surface area (Å²) in [4.78, 5) is 40.1. The van der Waals surface area contributed by atoms with Crippen molar-refractivity contribution in [2.75, 3.05) is 6.54 Å². The Morgan fingerprint density at radius 3 is 2.16 bits per heavy atom. The van der Waals surface area contributed by atoms with Crippen molar-refractivity contribution in [1.29, 1.82) is 0 Å². The van der Waals surface area contributed by atoms with Gasteiger partial charge in [-0.25, -0.2) is 4.98 Å². The third kappa shape index (κ3) is 6.32. The summed E-state index contributed by atoms with van der Waals surface area (Å²) in [7, 11) is 0. The first-order valence-corrected chi connectivity index (χ1v) is 12.1. The molecule has 4 aromatic rings. The molecule has 0 unspecified atom stereocenters. The normalized spacial score (nSPS) is 11.8. The summed E-state index contributed by atoms with van der Waals surface area (Å²) < 4.78 is 0. The van der Waals surface area contributed by atoms with E-state index in [1.165, 1.54) is 0 Å². The number of hydrogen-bond donors (Lipinski definition) is 4. The van der Waals surface area contributed by atoms with E-state index in [1.54, 1.807) is 11.2 Å². The molecule has 37 heavy (non-hydrogen) atoms. The third-order valence-electron chi connectivity index (χ3n) is 6.27. The van der Waals surface area contributed by atoms with Crippen LogP contribution in [0.15, 0.2) is 90.2 Å². The van der Waals surface area contributed by atoms with Crippen molar-refractivity contribution in [2.24, 2.45) is 22.2 Å². The number of aromatic amines is 1. The molecular weight excluding hydrogens is 466 g/mol. The van der Waals surface area contributed by atoms with E-state index >= 15 is 0 Å². The number of nitrogens with zero attached hydrogens (tertiary/aromatic N) is 3. The number of H-pyrrole nitrogens is 1. The van der Waals surface area contributed by atoms with Gasteiger partial charge in [0, 0.05) is 13.1 Å². The van der Waals surface area contributed by atoms with Crippen LogP contribution in [0.5, 0.6) is 0 Å². The Morgan fingerprint density at radius 1 is 0.919 bits per heavy atom. The smallest absolute Gasteiger partial charge is 0.240 e. The van der Waals surface area contributed by atoms with Crippen molar-refractivity contribution < 1.29 is 9.59 Å². The molecule has 0 saturated carbocycles. The van der Waals surface area contributed by atoms with Crippen molar-refractivity contribution in [3.63, 3.8) is 0 Å². The predicted octanol–water partition coefficient (Wildman–Crippen LogP) is 2.63. The minimum Gasteiger partial charge on any atom is -0.370 e. The first-order valence-electron chi connectivity index (χ1n) is 12.1. The fourth-order valence-electron chi connectivity index (χ4n) is 4.50. The molecule has 0 saturated heterocycles. The average Bonchev–Trinajstić information content (AvgIpc) is 3.37. The maximum Gasteiger partial charge on any atom is 0.240 e. The van der Waals surface area contributed by atoms with Crippen molar-refractivity contribution in [3.05, 3.63) is 102 Å². The molecular formula is C28H31N7O2. The number of aliphatic imine (C=N–C) groups is 1. The SMILES string of the molecule is NC(=O)[C@H](CCCN=C(N)N)N(Cc1ccc2nc[nH]c2c1)C(=O)C(c1ccccc1)c1ccccc1. The minimum atomic E-state index is -0.853. The van der Waals surface area contributed by atoms with E-state index in [9.17, 15) is 9.59 Å². The number of nitrogens with two attached hydrogens (primary N) is 3. The molecule has 1 atom stereocenters. The summed E-state index contributed by atoms with van der Waals surface area (Å²) in [6.45, 7) is 0.523. The third-order valence-corrected chi connectivity index (χ3v) is 6.27. The number of hydrogen-bond acceptors (Lipinski definition) is 4. The molecule has 2 amide bonds. The van der Waals surface area contributed by atoms with Crippen molar-refractivity contribution in [3.8, 4) is 0 Å². The Bertz CT molecular complexity index is 1330. The summed E-state index contributed by atoms with van der Waals surface area (Å²) in [5.74, 6) is -1.43. The number of carbonyl (C=O) groups excluding carboxylic acids is 2. The van der Waals surface area contributed by atoms with Gasteiger partial charge < -0.3 is 27.1 Å². The maximum atomic E-state index is 14.4. The first kappa shape index (κ1) is 25.4. The first-order chi connectivity index (χ1) is 17.9. The summed E-state index contributed by atoms with van der Waals surface area (Å²) >= 11 is 0. The number of nitrogens with one attached hydrogen (secondary N) is 1. The minimum absolute atomic E-state index is 0.0235. The van der Waals surface area contributed by atoms with Gasteiger partial charge in [-0.15, -0.1) is 0 Å². The second-order valence-corrected chi connectivity index (χ2v) is 8.84. The summed E-state index contributed by atoms with van der Waals surface area (Å²) in [6, 6.07) is 23.9. The molecule has 1 aromatic heterocycles. The molecule has 1 heterocycles. The number of amides is 2. The fourth-order valence-corrected chi connectivity index (χ4v) is 4.50. The van der Waals surface area contributed by atoms with Gasteiger partial charge in [-0.05, 0) is 41.7 Å². The summed E-state index contributed by atoms with van der Waals surface area (Å²) in [5, 5.41) is 0. The number of imidazole rings is 1. The van der Waals surface area contributed by atoms with Gasteiger partial charge in [0.15, 0.2) is 5.96 Å². The zero-order valence-corrected chi connectivity index (χ0v) is 20.5. The number of guanidine groups is 1. The molecule has 0 aliphatic carbocycles. The molecule has 9 nitrogen and oxygen atoms in total. The Morgan fingerprint density at radius 2 is 1.57 bits per heavy atom. The number of fused-ring (bicyclic) bond motifs is 1. The Labute approximate surface area is 215 Å². The van der Waals surface area contributed by atoms with Crippen LogP contribution in [0.3, 0.4) is 0 Å². The average molecular weight is 498 g/mol. The predicted molar refractivity (Wildman–Crippen MR) is 144 cm³/mol. The van der Waals surface area contributed by atoms with Crippen molar-refractivity contribution >= 4 is 28.8 Å². The molecule has 0 aliphatic heterocycles. The van der Waals surface area contributed by atoms with Crippen LogP contribution in [0, 0.1) is 0 Å². The largest absolute Gasteiger partial charge is 0.370 e. The van der Waals surface area contributed by atoms with E-state index in [-0.39, 0.29) is 18.4 Å². The van der Waals surface area contributed by atoms with Gasteiger partial charge in [-0.3, -0.25) is 14.6 Å². The Kier molecular flexibility index (Phi) is 8.15. The zero-order valence-electron chi connectivity index (χ0n) is 20.5. The van der Waals surface area contributed by atoms with Crippen LogP contribution in [0.1, 0.15) is 35.4 Å². The quantitative estimate of drug-likeness (QED) is 0.142. The van der Waals surface area contributed by atoms with Crippen LogP contribution < -0.4 is 17.2 Å².